The van der Waals surface area contributed by atoms with Crippen LogP contribution in [0.25, 0.3) is 5.65 Å². The molecule has 1 saturated carbocycles. The Labute approximate surface area is 222 Å². The SMILES string of the molecule is CC(C)c1cnn2c(NC3CCN(C(=O)OCC4(F)CN(C(=O)OC(C)(C)C)C4)CC3)cc(C3CC3)nc12. The van der Waals surface area contributed by atoms with Crippen molar-refractivity contribution in [2.75, 3.05) is 38.1 Å². The van der Waals surface area contributed by atoms with E-state index in [1.54, 1.807) is 25.7 Å². The van der Waals surface area contributed by atoms with Crippen LogP contribution in [0.1, 0.15) is 83.4 Å². The van der Waals surface area contributed by atoms with Gasteiger partial charge in [0.05, 0.1) is 19.3 Å². The molecule has 38 heavy (non-hydrogen) atoms. The van der Waals surface area contributed by atoms with Gasteiger partial charge in [0.1, 0.15) is 18.0 Å². The minimum atomic E-state index is -1.74. The van der Waals surface area contributed by atoms with Gasteiger partial charge < -0.3 is 24.6 Å². The van der Waals surface area contributed by atoms with E-state index in [0.717, 1.165) is 35.6 Å². The van der Waals surface area contributed by atoms with E-state index >= 15 is 0 Å². The van der Waals surface area contributed by atoms with Gasteiger partial charge in [-0.1, -0.05) is 13.8 Å². The fraction of sp³-hybridized carbons (Fsp3) is 0.704. The molecule has 2 aromatic heterocycles. The zero-order valence-electron chi connectivity index (χ0n) is 23.0. The Balaban J connectivity index is 1.12. The fourth-order valence-corrected chi connectivity index (χ4v) is 4.98. The molecule has 0 unspecified atom stereocenters. The number of fused-ring (bicyclic) bond motifs is 1. The highest BCUT2D eigenvalue weighted by Crippen LogP contribution is 2.40. The summed E-state index contributed by atoms with van der Waals surface area (Å²) in [4.78, 5) is 32.5. The van der Waals surface area contributed by atoms with Crippen molar-refractivity contribution < 1.29 is 23.5 Å². The van der Waals surface area contributed by atoms with Crippen molar-refractivity contribution in [2.45, 2.75) is 89.4 Å². The average Bonchev–Trinajstić information content (AvgIpc) is 3.58. The van der Waals surface area contributed by atoms with Gasteiger partial charge in [0.25, 0.3) is 0 Å². The minimum absolute atomic E-state index is 0.142. The van der Waals surface area contributed by atoms with E-state index < -0.39 is 23.5 Å². The summed E-state index contributed by atoms with van der Waals surface area (Å²) in [6, 6.07) is 2.28. The third-order valence-electron chi connectivity index (χ3n) is 7.30. The van der Waals surface area contributed by atoms with E-state index in [-0.39, 0.29) is 25.7 Å². The molecule has 3 fully saturated rings. The van der Waals surface area contributed by atoms with Gasteiger partial charge in [-0.05, 0) is 52.4 Å². The molecular formula is C27H39FN6O4. The number of rotatable bonds is 6. The van der Waals surface area contributed by atoms with Gasteiger partial charge in [-0.3, -0.25) is 0 Å². The lowest BCUT2D eigenvalue weighted by Crippen LogP contribution is -2.64. The maximum atomic E-state index is 14.9. The molecule has 10 nitrogen and oxygen atoms in total. The first-order valence-corrected chi connectivity index (χ1v) is 13.6. The summed E-state index contributed by atoms with van der Waals surface area (Å²) in [5, 5.41) is 8.24. The number of anilines is 1. The molecule has 0 aromatic carbocycles. The van der Waals surface area contributed by atoms with Crippen LogP contribution in [0, 0.1) is 0 Å². The predicted octanol–water partition coefficient (Wildman–Crippen LogP) is 4.70. The van der Waals surface area contributed by atoms with Crippen LogP contribution >= 0.6 is 0 Å². The number of amides is 2. The Morgan fingerprint density at radius 2 is 1.82 bits per heavy atom. The lowest BCUT2D eigenvalue weighted by atomic mass is 9.98. The number of hydrogen-bond acceptors (Lipinski definition) is 7. The third kappa shape index (κ3) is 5.81. The van der Waals surface area contributed by atoms with Crippen molar-refractivity contribution in [2.24, 2.45) is 0 Å². The molecule has 4 heterocycles. The number of aromatic nitrogens is 3. The smallest absolute Gasteiger partial charge is 0.410 e. The standard InChI is InChI=1S/C27H39FN6O4/c1-17(2)20-13-29-34-22(12-21(18-6-7-18)31-23(20)34)30-19-8-10-32(11-9-19)24(35)37-16-27(28)14-33(15-27)25(36)38-26(3,4)5/h12-13,17-19,30H,6-11,14-16H2,1-5H3. The fourth-order valence-electron chi connectivity index (χ4n) is 4.98. The van der Waals surface area contributed by atoms with Crippen molar-refractivity contribution in [3.63, 3.8) is 0 Å². The average molecular weight is 531 g/mol. The lowest BCUT2D eigenvalue weighted by Gasteiger charge is -2.44. The van der Waals surface area contributed by atoms with Crippen molar-refractivity contribution in [3.8, 4) is 0 Å². The molecule has 3 aliphatic rings. The summed E-state index contributed by atoms with van der Waals surface area (Å²) in [7, 11) is 0. The van der Waals surface area contributed by atoms with Crippen LogP contribution in [0.2, 0.25) is 0 Å². The zero-order valence-corrected chi connectivity index (χ0v) is 23.0. The van der Waals surface area contributed by atoms with E-state index in [2.05, 4.69) is 30.3 Å². The highest BCUT2D eigenvalue weighted by molar-refractivity contribution is 5.70. The first-order valence-electron chi connectivity index (χ1n) is 13.6. The summed E-state index contributed by atoms with van der Waals surface area (Å²) < 4.78 is 27.3. The van der Waals surface area contributed by atoms with Gasteiger partial charge >= 0.3 is 12.2 Å². The number of alkyl halides is 1. The van der Waals surface area contributed by atoms with Crippen LogP contribution in [0.3, 0.4) is 0 Å². The first kappa shape index (κ1) is 26.5. The van der Waals surface area contributed by atoms with E-state index in [1.165, 1.54) is 17.7 Å². The summed E-state index contributed by atoms with van der Waals surface area (Å²) in [5.41, 5.74) is 0.785. The Morgan fingerprint density at radius 3 is 2.42 bits per heavy atom. The maximum absolute atomic E-state index is 14.9. The Morgan fingerprint density at radius 1 is 1.13 bits per heavy atom. The number of piperidine rings is 1. The van der Waals surface area contributed by atoms with Gasteiger partial charge in [0.2, 0.25) is 0 Å². The van der Waals surface area contributed by atoms with E-state index in [1.807, 2.05) is 10.7 Å². The van der Waals surface area contributed by atoms with Crippen molar-refractivity contribution >= 4 is 23.7 Å². The predicted molar refractivity (Wildman–Crippen MR) is 140 cm³/mol. The number of nitrogens with one attached hydrogen (secondary N) is 1. The molecule has 1 N–H and O–H groups in total. The highest BCUT2D eigenvalue weighted by atomic mass is 19.1. The zero-order chi connectivity index (χ0) is 27.2. The van der Waals surface area contributed by atoms with Gasteiger partial charge in [-0.15, -0.1) is 0 Å². The molecule has 2 saturated heterocycles. The second-order valence-electron chi connectivity index (χ2n) is 12.3. The summed E-state index contributed by atoms with van der Waals surface area (Å²) in [6.45, 7) is 9.95. The van der Waals surface area contributed by atoms with Crippen LogP contribution in [0.15, 0.2) is 12.3 Å². The molecule has 1 aliphatic carbocycles. The second kappa shape index (κ2) is 9.89. The van der Waals surface area contributed by atoms with Gasteiger partial charge in [-0.25, -0.2) is 19.0 Å². The third-order valence-corrected chi connectivity index (χ3v) is 7.30. The van der Waals surface area contributed by atoms with E-state index in [0.29, 0.717) is 24.9 Å². The summed E-state index contributed by atoms with van der Waals surface area (Å²) in [6.07, 6.45) is 4.65. The quantitative estimate of drug-likeness (QED) is 0.578. The number of carbonyl (C=O) groups excluding carboxylic acids is 2. The molecule has 0 bridgehead atoms. The normalized spacial score (nSPS) is 20.0. The van der Waals surface area contributed by atoms with Gasteiger partial charge in [0.15, 0.2) is 11.3 Å². The van der Waals surface area contributed by atoms with E-state index in [4.69, 9.17) is 14.5 Å². The number of carbonyl (C=O) groups is 2. The van der Waals surface area contributed by atoms with E-state index in [9.17, 15) is 14.0 Å². The number of likely N-dealkylation sites (tertiary alicyclic amines) is 2. The second-order valence-corrected chi connectivity index (χ2v) is 12.3. The molecule has 208 valence electrons. The van der Waals surface area contributed by atoms with Crippen LogP contribution in [0.4, 0.5) is 19.8 Å². The molecule has 5 rings (SSSR count). The van der Waals surface area contributed by atoms with Gasteiger partial charge in [0, 0.05) is 42.4 Å². The topological polar surface area (TPSA) is 101 Å². The van der Waals surface area contributed by atoms with Crippen molar-refractivity contribution in [1.82, 2.24) is 24.4 Å². The van der Waals surface area contributed by atoms with Crippen molar-refractivity contribution in [3.05, 3.63) is 23.5 Å². The Hall–Kier alpha value is -3.11. The molecule has 2 aromatic rings. The maximum Gasteiger partial charge on any atom is 0.410 e. The lowest BCUT2D eigenvalue weighted by molar-refractivity contribution is -0.0784. The molecule has 11 heteroatoms. The molecule has 0 atom stereocenters. The number of halogens is 1. The largest absolute Gasteiger partial charge is 0.446 e. The number of nitrogens with zero attached hydrogens (tertiary/aromatic N) is 5. The highest BCUT2D eigenvalue weighted by Gasteiger charge is 2.48. The van der Waals surface area contributed by atoms with Crippen LogP contribution < -0.4 is 5.32 Å². The van der Waals surface area contributed by atoms with Crippen LogP contribution in [-0.4, -0.2) is 86.7 Å². The summed E-state index contributed by atoms with van der Waals surface area (Å²) >= 11 is 0. The Bertz CT molecular complexity index is 1190. The van der Waals surface area contributed by atoms with Gasteiger partial charge in [-0.2, -0.15) is 9.61 Å². The van der Waals surface area contributed by atoms with Crippen molar-refractivity contribution in [1.29, 1.82) is 0 Å². The minimum Gasteiger partial charge on any atom is -0.446 e. The monoisotopic (exact) mass is 530 g/mol. The molecule has 2 amide bonds. The van der Waals surface area contributed by atoms with Crippen LogP contribution in [0.5, 0.6) is 0 Å². The molecule has 0 radical (unpaired) electrons. The number of ether oxygens (including phenoxy) is 2. The van der Waals surface area contributed by atoms with Crippen LogP contribution in [-0.2, 0) is 9.47 Å². The molecule has 2 aliphatic heterocycles. The summed E-state index contributed by atoms with van der Waals surface area (Å²) in [5.74, 6) is 1.79. The first-order chi connectivity index (χ1) is 17.9. The molecular weight excluding hydrogens is 491 g/mol. The molecule has 0 spiro atoms. The number of hydrogen-bond donors (Lipinski definition) is 1. The Kier molecular flexibility index (Phi) is 6.89.